The van der Waals surface area contributed by atoms with E-state index in [0.717, 1.165) is 37.9 Å². The molecule has 144 valence electrons. The second-order valence-electron chi connectivity index (χ2n) is 7.24. The molecule has 2 aliphatic heterocycles. The minimum Gasteiger partial charge on any atom is -0.463 e. The number of benzene rings is 1. The molecule has 8 nitrogen and oxygen atoms in total. The van der Waals surface area contributed by atoms with Crippen molar-refractivity contribution in [1.82, 2.24) is 24.8 Å². The highest BCUT2D eigenvalue weighted by molar-refractivity contribution is 5.82. The molecular formula is C20H22N6O2. The van der Waals surface area contributed by atoms with Crippen LogP contribution in [0.2, 0.25) is 0 Å². The topological polar surface area (TPSA) is 111 Å². The second-order valence-corrected chi connectivity index (χ2v) is 7.24. The van der Waals surface area contributed by atoms with Crippen molar-refractivity contribution >= 4 is 17.0 Å². The van der Waals surface area contributed by atoms with E-state index in [1.54, 1.807) is 4.57 Å². The van der Waals surface area contributed by atoms with Gasteiger partial charge in [0.15, 0.2) is 11.5 Å². The van der Waals surface area contributed by atoms with Gasteiger partial charge >= 0.3 is 11.7 Å². The fourth-order valence-electron chi connectivity index (χ4n) is 4.00. The summed E-state index contributed by atoms with van der Waals surface area (Å²) < 4.78 is 7.26. The number of nitrogen functional groups attached to an aromatic ring is 1. The average Bonchev–Trinajstić information content (AvgIpc) is 3.00. The Morgan fingerprint density at radius 3 is 3.00 bits per heavy atom. The standard InChI is InChI=1S/C20H22N6O2/c21-17-16-18-25-19(24-17)28-7-3-1-2-4-13-8-12(11-26(18)20(27)23-16)9-14-5-6-22-10-15(13)14/h1-2,8-9,22H,3-7,10-11H2,(H,23,27)(H2,21,24,25)/b2-1-. The number of nitrogens with zero attached hydrogens (tertiary/aromatic N) is 3. The third kappa shape index (κ3) is 2.95. The molecule has 4 heterocycles. The number of hydrogen-bond acceptors (Lipinski definition) is 6. The largest absolute Gasteiger partial charge is 0.463 e. The molecule has 0 radical (unpaired) electrons. The highest BCUT2D eigenvalue weighted by Gasteiger charge is 2.18. The summed E-state index contributed by atoms with van der Waals surface area (Å²) in [6.45, 7) is 2.74. The van der Waals surface area contributed by atoms with Crippen LogP contribution in [0.1, 0.15) is 28.7 Å². The normalized spacial score (nSPS) is 17.7. The van der Waals surface area contributed by atoms with Gasteiger partial charge in [-0.1, -0.05) is 24.3 Å². The number of anilines is 1. The number of nitrogens with one attached hydrogen (secondary N) is 2. The van der Waals surface area contributed by atoms with Crippen LogP contribution in [0.15, 0.2) is 29.1 Å². The van der Waals surface area contributed by atoms with E-state index >= 15 is 0 Å². The summed E-state index contributed by atoms with van der Waals surface area (Å²) in [4.78, 5) is 24.0. The van der Waals surface area contributed by atoms with E-state index in [0.29, 0.717) is 24.3 Å². The predicted octanol–water partition coefficient (Wildman–Crippen LogP) is 1.28. The molecule has 2 aliphatic rings. The number of nitrogens with two attached hydrogens (primary N) is 1. The molecular weight excluding hydrogens is 356 g/mol. The van der Waals surface area contributed by atoms with Gasteiger partial charge in [0.25, 0.3) is 0 Å². The Morgan fingerprint density at radius 2 is 2.07 bits per heavy atom. The third-order valence-electron chi connectivity index (χ3n) is 5.36. The van der Waals surface area contributed by atoms with Crippen LogP contribution >= 0.6 is 0 Å². The molecule has 2 aromatic heterocycles. The van der Waals surface area contributed by atoms with E-state index in [4.69, 9.17) is 10.5 Å². The fourth-order valence-corrected chi connectivity index (χ4v) is 4.00. The zero-order valence-electron chi connectivity index (χ0n) is 15.5. The van der Waals surface area contributed by atoms with Gasteiger partial charge in [-0.3, -0.25) is 4.57 Å². The fraction of sp³-hybridized carbons (Fsp3) is 0.350. The van der Waals surface area contributed by atoms with E-state index < -0.39 is 0 Å². The van der Waals surface area contributed by atoms with Crippen LogP contribution in [0, 0.1) is 0 Å². The summed E-state index contributed by atoms with van der Waals surface area (Å²) in [5.41, 5.74) is 11.8. The number of ether oxygens (including phenoxy) is 1. The van der Waals surface area contributed by atoms with E-state index in [2.05, 4.69) is 44.6 Å². The first-order chi connectivity index (χ1) is 13.7. The summed E-state index contributed by atoms with van der Waals surface area (Å²) in [6, 6.07) is 4.61. The maximum absolute atomic E-state index is 12.6. The zero-order valence-corrected chi connectivity index (χ0v) is 15.5. The number of aromatic nitrogens is 4. The first-order valence-electron chi connectivity index (χ1n) is 9.57. The molecule has 28 heavy (non-hydrogen) atoms. The first kappa shape index (κ1) is 17.0. The zero-order chi connectivity index (χ0) is 19.1. The van der Waals surface area contributed by atoms with Crippen LogP contribution in [0.3, 0.4) is 0 Å². The van der Waals surface area contributed by atoms with Crippen LogP contribution in [0.25, 0.3) is 11.2 Å². The maximum Gasteiger partial charge on any atom is 0.328 e. The third-order valence-corrected chi connectivity index (χ3v) is 5.36. The van der Waals surface area contributed by atoms with E-state index in [1.807, 2.05) is 0 Å². The summed E-state index contributed by atoms with van der Waals surface area (Å²) in [6.07, 6.45) is 6.91. The van der Waals surface area contributed by atoms with Gasteiger partial charge in [-0.15, -0.1) is 0 Å². The lowest BCUT2D eigenvalue weighted by molar-refractivity contribution is 0.300. The summed E-state index contributed by atoms with van der Waals surface area (Å²) in [5.74, 6) is 0.218. The second kappa shape index (κ2) is 6.79. The molecule has 0 saturated carbocycles. The highest BCUT2D eigenvalue weighted by Crippen LogP contribution is 2.24. The van der Waals surface area contributed by atoms with Crippen molar-refractivity contribution in [3.8, 4) is 6.01 Å². The number of allylic oxidation sites excluding steroid dienone is 1. The average molecular weight is 378 g/mol. The molecule has 0 unspecified atom stereocenters. The lowest BCUT2D eigenvalue weighted by Gasteiger charge is -2.22. The number of rotatable bonds is 0. The number of aromatic amines is 1. The van der Waals surface area contributed by atoms with E-state index in [-0.39, 0.29) is 17.5 Å². The Balaban J connectivity index is 1.69. The van der Waals surface area contributed by atoms with E-state index in [9.17, 15) is 4.79 Å². The van der Waals surface area contributed by atoms with Gasteiger partial charge < -0.3 is 20.8 Å². The van der Waals surface area contributed by atoms with Crippen molar-refractivity contribution in [2.24, 2.45) is 0 Å². The predicted molar refractivity (Wildman–Crippen MR) is 106 cm³/mol. The number of fused-ring (bicyclic) bond motifs is 5. The van der Waals surface area contributed by atoms with Crippen molar-refractivity contribution < 1.29 is 4.74 Å². The Hall–Kier alpha value is -3.13. The SMILES string of the molecule is Nc1nc2nc3c1[nH]c(=O)n3Cc1cc(c3c(c1)CCNC3)C/C=C\CCO2. The molecule has 1 aromatic carbocycles. The molecule has 0 aliphatic carbocycles. The monoisotopic (exact) mass is 378 g/mol. The Labute approximate surface area is 161 Å². The Morgan fingerprint density at radius 1 is 1.18 bits per heavy atom. The van der Waals surface area contributed by atoms with Gasteiger partial charge in [-0.05, 0) is 48.1 Å². The van der Waals surface area contributed by atoms with Gasteiger partial charge in [0.05, 0.1) is 13.2 Å². The number of imidazole rings is 1. The van der Waals surface area contributed by atoms with Gasteiger partial charge in [0.2, 0.25) is 0 Å². The van der Waals surface area contributed by atoms with Gasteiger partial charge in [0, 0.05) is 6.54 Å². The quantitative estimate of drug-likeness (QED) is 0.508. The maximum atomic E-state index is 12.6. The molecule has 0 atom stereocenters. The van der Waals surface area contributed by atoms with Gasteiger partial charge in [-0.25, -0.2) is 4.79 Å². The number of H-pyrrole nitrogens is 1. The van der Waals surface area contributed by atoms with Crippen LogP contribution in [0.4, 0.5) is 5.82 Å². The Bertz CT molecular complexity index is 1140. The molecule has 4 bridgehead atoms. The van der Waals surface area contributed by atoms with Gasteiger partial charge in [0.1, 0.15) is 5.52 Å². The molecule has 3 aromatic rings. The summed E-state index contributed by atoms with van der Waals surface area (Å²) >= 11 is 0. The van der Waals surface area contributed by atoms with Gasteiger partial charge in [-0.2, -0.15) is 9.97 Å². The molecule has 0 amide bonds. The van der Waals surface area contributed by atoms with E-state index in [1.165, 1.54) is 16.7 Å². The smallest absolute Gasteiger partial charge is 0.328 e. The van der Waals surface area contributed by atoms with Crippen LogP contribution in [0.5, 0.6) is 6.01 Å². The highest BCUT2D eigenvalue weighted by atomic mass is 16.5. The minimum absolute atomic E-state index is 0.195. The van der Waals surface area contributed by atoms with Crippen molar-refractivity contribution in [3.05, 3.63) is 57.0 Å². The van der Waals surface area contributed by atoms with Crippen LogP contribution in [-0.4, -0.2) is 32.7 Å². The summed E-state index contributed by atoms with van der Waals surface area (Å²) in [5, 5.41) is 3.46. The van der Waals surface area contributed by atoms with Crippen LogP contribution < -0.4 is 21.5 Å². The minimum atomic E-state index is -0.249. The molecule has 5 rings (SSSR count). The molecule has 4 N–H and O–H groups in total. The lowest BCUT2D eigenvalue weighted by atomic mass is 9.91. The molecule has 8 heteroatoms. The van der Waals surface area contributed by atoms with Crippen molar-refractivity contribution in [2.75, 3.05) is 18.9 Å². The van der Waals surface area contributed by atoms with Crippen molar-refractivity contribution in [2.45, 2.75) is 32.4 Å². The molecule has 0 fully saturated rings. The van der Waals surface area contributed by atoms with Crippen molar-refractivity contribution in [3.63, 3.8) is 0 Å². The molecule has 0 saturated heterocycles. The Kier molecular flexibility index (Phi) is 4.12. The van der Waals surface area contributed by atoms with Crippen molar-refractivity contribution in [1.29, 1.82) is 0 Å². The summed E-state index contributed by atoms with van der Waals surface area (Å²) in [7, 11) is 0. The molecule has 0 spiro atoms. The first-order valence-corrected chi connectivity index (χ1v) is 9.57. The lowest BCUT2D eigenvalue weighted by Crippen LogP contribution is -2.25. The van der Waals surface area contributed by atoms with Crippen LogP contribution in [-0.2, 0) is 25.9 Å². The number of hydrogen-bond donors (Lipinski definition) is 3.